The molecule has 3 N–H and O–H groups in total. The van der Waals surface area contributed by atoms with Crippen LogP contribution in [0.25, 0.3) is 11.3 Å². The van der Waals surface area contributed by atoms with E-state index in [4.69, 9.17) is 10.2 Å². The molecule has 0 saturated carbocycles. The second-order valence-corrected chi connectivity index (χ2v) is 6.01. The number of carbonyl (C=O) groups excluding carboxylic acids is 3. The molecule has 132 valence electrons. The molecule has 1 unspecified atom stereocenters. The van der Waals surface area contributed by atoms with E-state index in [1.807, 2.05) is 0 Å². The molecule has 0 aliphatic heterocycles. The number of furan rings is 1. The van der Waals surface area contributed by atoms with Crippen molar-refractivity contribution >= 4 is 29.1 Å². The van der Waals surface area contributed by atoms with Crippen molar-refractivity contribution in [2.45, 2.75) is 12.5 Å². The maximum absolute atomic E-state index is 12.6. The van der Waals surface area contributed by atoms with Crippen molar-refractivity contribution in [1.82, 2.24) is 14.7 Å². The average molecular weight is 370 g/mol. The Morgan fingerprint density at radius 1 is 1.27 bits per heavy atom. The van der Waals surface area contributed by atoms with Crippen LogP contribution >= 0.6 is 11.5 Å². The van der Waals surface area contributed by atoms with Gasteiger partial charge >= 0.3 is 0 Å². The lowest BCUT2D eigenvalue weighted by Crippen LogP contribution is -2.47. The smallest absolute Gasteiger partial charge is 0.287 e. The summed E-state index contributed by atoms with van der Waals surface area (Å²) >= 11 is 1.09. The first-order chi connectivity index (χ1) is 12.6. The Morgan fingerprint density at radius 3 is 2.77 bits per heavy atom. The second kappa shape index (κ2) is 7.70. The first-order valence-corrected chi connectivity index (χ1v) is 8.41. The van der Waals surface area contributed by atoms with Crippen molar-refractivity contribution in [1.29, 1.82) is 0 Å². The van der Waals surface area contributed by atoms with Gasteiger partial charge in [-0.1, -0.05) is 6.07 Å². The molecule has 0 aliphatic carbocycles. The lowest BCUT2D eigenvalue weighted by atomic mass is 10.0. The summed E-state index contributed by atoms with van der Waals surface area (Å²) in [5.74, 6) is -2.61. The van der Waals surface area contributed by atoms with Crippen LogP contribution in [0.1, 0.15) is 16.1 Å². The number of aromatic nitrogens is 2. The van der Waals surface area contributed by atoms with Crippen LogP contribution in [-0.4, -0.2) is 33.0 Å². The van der Waals surface area contributed by atoms with Crippen LogP contribution in [0.5, 0.6) is 0 Å². The zero-order valence-corrected chi connectivity index (χ0v) is 14.2. The van der Waals surface area contributed by atoms with Gasteiger partial charge in [-0.3, -0.25) is 19.4 Å². The Bertz CT molecular complexity index is 921. The largest absolute Gasteiger partial charge is 0.472 e. The van der Waals surface area contributed by atoms with E-state index in [9.17, 15) is 14.4 Å². The second-order valence-electron chi connectivity index (χ2n) is 5.38. The minimum absolute atomic E-state index is 0.0765. The molecule has 0 aliphatic rings. The van der Waals surface area contributed by atoms with Gasteiger partial charge < -0.3 is 15.5 Å². The van der Waals surface area contributed by atoms with Crippen molar-refractivity contribution in [3.63, 3.8) is 0 Å². The van der Waals surface area contributed by atoms with Crippen molar-refractivity contribution < 1.29 is 18.8 Å². The number of nitrogens with zero attached hydrogens (tertiary/aromatic N) is 2. The average Bonchev–Trinajstić information content (AvgIpc) is 3.32. The molecule has 0 fully saturated rings. The van der Waals surface area contributed by atoms with Gasteiger partial charge in [0.05, 0.1) is 18.2 Å². The van der Waals surface area contributed by atoms with Gasteiger partial charge in [0.15, 0.2) is 5.69 Å². The first kappa shape index (κ1) is 17.5. The standard InChI is InChI=1S/C17H14N4O4S/c18-16(23)15(22)13(7-10-4-6-25-8-10)20-17(24)14-11(9-26-21-14)12-3-1-2-5-19-12/h1-6,8-9,13H,7H2,(H2,18,23)(H,20,24). The van der Waals surface area contributed by atoms with Crippen molar-refractivity contribution in [3.05, 3.63) is 59.6 Å². The minimum atomic E-state index is -1.12. The molecular formula is C17H14N4O4S. The number of amides is 2. The highest BCUT2D eigenvalue weighted by Crippen LogP contribution is 2.23. The number of rotatable bonds is 7. The number of ketones is 1. The normalized spacial score (nSPS) is 11.7. The molecule has 2 amide bonds. The van der Waals surface area contributed by atoms with Crippen LogP contribution in [0.3, 0.4) is 0 Å². The number of nitrogens with one attached hydrogen (secondary N) is 1. The predicted molar refractivity (Wildman–Crippen MR) is 93.2 cm³/mol. The number of carbonyl (C=O) groups is 3. The van der Waals surface area contributed by atoms with Gasteiger partial charge in [-0.25, -0.2) is 0 Å². The maximum atomic E-state index is 12.6. The molecule has 0 aromatic carbocycles. The molecule has 0 bridgehead atoms. The Kier molecular flexibility index (Phi) is 5.18. The third-order valence-electron chi connectivity index (χ3n) is 3.61. The van der Waals surface area contributed by atoms with Crippen LogP contribution < -0.4 is 11.1 Å². The van der Waals surface area contributed by atoms with Gasteiger partial charge in [0.2, 0.25) is 5.78 Å². The van der Waals surface area contributed by atoms with E-state index in [-0.39, 0.29) is 12.1 Å². The highest BCUT2D eigenvalue weighted by molar-refractivity contribution is 7.04. The van der Waals surface area contributed by atoms with Crippen molar-refractivity contribution in [3.8, 4) is 11.3 Å². The number of nitrogens with two attached hydrogens (primary N) is 1. The number of hydrogen-bond acceptors (Lipinski definition) is 7. The topological polar surface area (TPSA) is 128 Å². The third kappa shape index (κ3) is 3.83. The summed E-state index contributed by atoms with van der Waals surface area (Å²) < 4.78 is 9.04. The summed E-state index contributed by atoms with van der Waals surface area (Å²) in [5.41, 5.74) is 6.99. The van der Waals surface area contributed by atoms with Crippen molar-refractivity contribution in [2.24, 2.45) is 5.73 Å². The first-order valence-electron chi connectivity index (χ1n) is 7.57. The summed E-state index contributed by atoms with van der Waals surface area (Å²) in [7, 11) is 0. The van der Waals surface area contributed by atoms with E-state index < -0.39 is 23.6 Å². The number of Topliss-reactive ketones (excluding diaryl/α,β-unsaturated/α-hetero) is 1. The summed E-state index contributed by atoms with van der Waals surface area (Å²) in [6.07, 6.45) is 4.54. The molecule has 3 aromatic rings. The number of pyridine rings is 1. The summed E-state index contributed by atoms with van der Waals surface area (Å²) in [6.45, 7) is 0. The highest BCUT2D eigenvalue weighted by Gasteiger charge is 2.28. The molecule has 0 spiro atoms. The summed E-state index contributed by atoms with van der Waals surface area (Å²) in [5, 5.41) is 4.23. The van der Waals surface area contributed by atoms with E-state index in [0.717, 1.165) is 11.5 Å². The molecule has 9 heteroatoms. The van der Waals surface area contributed by atoms with E-state index >= 15 is 0 Å². The van der Waals surface area contributed by atoms with Crippen LogP contribution in [-0.2, 0) is 16.0 Å². The zero-order chi connectivity index (χ0) is 18.5. The fraction of sp³-hybridized carbons (Fsp3) is 0.118. The Labute approximate surface area is 152 Å². The third-order valence-corrected chi connectivity index (χ3v) is 4.24. The Balaban J connectivity index is 1.83. The summed E-state index contributed by atoms with van der Waals surface area (Å²) in [4.78, 5) is 40.2. The molecule has 3 rings (SSSR count). The van der Waals surface area contributed by atoms with E-state index in [1.54, 1.807) is 35.8 Å². The van der Waals surface area contributed by atoms with Gasteiger partial charge in [0.25, 0.3) is 11.8 Å². The fourth-order valence-corrected chi connectivity index (χ4v) is 3.03. The van der Waals surface area contributed by atoms with E-state index in [0.29, 0.717) is 16.8 Å². The quantitative estimate of drug-likeness (QED) is 0.601. The van der Waals surface area contributed by atoms with Gasteiger partial charge in [0, 0.05) is 23.6 Å². The van der Waals surface area contributed by atoms with Crippen molar-refractivity contribution in [2.75, 3.05) is 0 Å². The molecule has 26 heavy (non-hydrogen) atoms. The predicted octanol–water partition coefficient (Wildman–Crippen LogP) is 1.19. The van der Waals surface area contributed by atoms with E-state index in [1.165, 1.54) is 12.5 Å². The van der Waals surface area contributed by atoms with Crippen LogP contribution in [0.15, 0.2) is 52.8 Å². The number of hydrogen-bond donors (Lipinski definition) is 2. The zero-order valence-electron chi connectivity index (χ0n) is 13.4. The molecule has 1 atom stereocenters. The maximum Gasteiger partial charge on any atom is 0.287 e. The Morgan fingerprint density at radius 2 is 2.12 bits per heavy atom. The minimum Gasteiger partial charge on any atom is -0.472 e. The monoisotopic (exact) mass is 370 g/mol. The summed E-state index contributed by atoms with van der Waals surface area (Å²) in [6, 6.07) is 5.82. The SMILES string of the molecule is NC(=O)C(=O)C(Cc1ccoc1)NC(=O)c1nscc1-c1ccccn1. The van der Waals surface area contributed by atoms with E-state index in [2.05, 4.69) is 14.7 Å². The Hall–Kier alpha value is -3.33. The van der Waals surface area contributed by atoms with Crippen LogP contribution in [0.2, 0.25) is 0 Å². The highest BCUT2D eigenvalue weighted by atomic mass is 32.1. The van der Waals surface area contributed by atoms with Gasteiger partial charge in [0.1, 0.15) is 6.04 Å². The van der Waals surface area contributed by atoms with Gasteiger partial charge in [-0.2, -0.15) is 4.37 Å². The van der Waals surface area contributed by atoms with Gasteiger partial charge in [-0.05, 0) is 35.3 Å². The van der Waals surface area contributed by atoms with Gasteiger partial charge in [-0.15, -0.1) is 0 Å². The van der Waals surface area contributed by atoms with Crippen LogP contribution in [0.4, 0.5) is 0 Å². The number of primary amides is 1. The fourth-order valence-electron chi connectivity index (χ4n) is 2.36. The molecule has 0 radical (unpaired) electrons. The lowest BCUT2D eigenvalue weighted by molar-refractivity contribution is -0.137. The molecule has 3 heterocycles. The molecule has 0 saturated heterocycles. The molecular weight excluding hydrogens is 356 g/mol. The molecule has 3 aromatic heterocycles. The van der Waals surface area contributed by atoms with Crippen LogP contribution in [0, 0.1) is 0 Å². The molecule has 8 nitrogen and oxygen atoms in total. The lowest BCUT2D eigenvalue weighted by Gasteiger charge is -2.15.